The molecule has 1 saturated heterocycles. The van der Waals surface area contributed by atoms with Crippen LogP contribution in [0.4, 0.5) is 5.69 Å². The minimum Gasteiger partial charge on any atom is -0.326 e. The first-order valence-corrected chi connectivity index (χ1v) is 12.4. The van der Waals surface area contributed by atoms with Crippen LogP contribution in [0.25, 0.3) is 0 Å². The maximum atomic E-state index is 13.0. The minimum absolute atomic E-state index is 0.0421. The monoisotopic (exact) mass is 444 g/mol. The van der Waals surface area contributed by atoms with Gasteiger partial charge in [0.15, 0.2) is 0 Å². The second-order valence-electron chi connectivity index (χ2n) is 8.74. The van der Waals surface area contributed by atoms with Gasteiger partial charge in [-0.05, 0) is 73.7 Å². The first-order chi connectivity index (χ1) is 15.6. The second-order valence-corrected chi connectivity index (χ2v) is 9.79. The highest BCUT2D eigenvalue weighted by molar-refractivity contribution is 7.98. The van der Waals surface area contributed by atoms with Crippen molar-refractivity contribution in [2.24, 2.45) is 5.92 Å². The van der Waals surface area contributed by atoms with Gasteiger partial charge in [0.25, 0.3) is 0 Å². The lowest BCUT2D eigenvalue weighted by Crippen LogP contribution is -2.40. The minimum atomic E-state index is 0.0421. The van der Waals surface area contributed by atoms with Crippen molar-refractivity contribution in [2.75, 3.05) is 18.4 Å². The van der Waals surface area contributed by atoms with Crippen molar-refractivity contribution < 1.29 is 4.79 Å². The van der Waals surface area contributed by atoms with Crippen LogP contribution in [-0.2, 0) is 17.1 Å². The smallest absolute Gasteiger partial charge is 0.228 e. The Hall–Kier alpha value is -2.56. The zero-order valence-corrected chi connectivity index (χ0v) is 19.8. The Bertz CT molecular complexity index is 1050. The van der Waals surface area contributed by atoms with E-state index >= 15 is 0 Å². The van der Waals surface area contributed by atoms with Crippen LogP contribution in [0.1, 0.15) is 35.1 Å². The predicted molar refractivity (Wildman–Crippen MR) is 135 cm³/mol. The fourth-order valence-corrected chi connectivity index (χ4v) is 5.18. The van der Waals surface area contributed by atoms with E-state index in [4.69, 9.17) is 0 Å². The molecule has 4 heteroatoms. The van der Waals surface area contributed by atoms with E-state index in [2.05, 4.69) is 90.8 Å². The van der Waals surface area contributed by atoms with Crippen LogP contribution >= 0.6 is 11.8 Å². The Kier molecular flexibility index (Phi) is 7.67. The molecule has 4 rings (SSSR count). The lowest BCUT2D eigenvalue weighted by atomic mass is 9.96. The van der Waals surface area contributed by atoms with Gasteiger partial charge in [-0.15, -0.1) is 11.8 Å². The zero-order chi connectivity index (χ0) is 22.3. The molecule has 1 N–H and O–H groups in total. The largest absolute Gasteiger partial charge is 0.326 e. The molecule has 166 valence electrons. The molecule has 1 amide bonds. The van der Waals surface area contributed by atoms with Crippen molar-refractivity contribution in [3.05, 3.63) is 95.1 Å². The van der Waals surface area contributed by atoms with Crippen LogP contribution in [0, 0.1) is 19.8 Å². The quantitative estimate of drug-likeness (QED) is 0.425. The third kappa shape index (κ3) is 6.02. The lowest BCUT2D eigenvalue weighted by Gasteiger charge is -2.32. The summed E-state index contributed by atoms with van der Waals surface area (Å²) in [6.45, 7) is 7.05. The number of benzene rings is 3. The Morgan fingerprint density at radius 3 is 2.56 bits per heavy atom. The molecule has 1 heterocycles. The van der Waals surface area contributed by atoms with Crippen molar-refractivity contribution in [3.8, 4) is 0 Å². The number of piperidine rings is 1. The number of likely N-dealkylation sites (tertiary alicyclic amines) is 1. The SMILES string of the molecule is Cc1ccccc1CN1CCCC(C(=O)Nc2ccc(CSc3ccccc3)cc2C)C1. The number of hydrogen-bond donors (Lipinski definition) is 1. The van der Waals surface area contributed by atoms with Crippen molar-refractivity contribution in [1.29, 1.82) is 0 Å². The van der Waals surface area contributed by atoms with Crippen molar-refractivity contribution in [3.63, 3.8) is 0 Å². The fraction of sp³-hybridized carbons (Fsp3) is 0.321. The summed E-state index contributed by atoms with van der Waals surface area (Å²) in [6.07, 6.45) is 2.03. The Morgan fingerprint density at radius 2 is 1.78 bits per heavy atom. The maximum Gasteiger partial charge on any atom is 0.228 e. The molecular formula is C28H32N2OS. The van der Waals surface area contributed by atoms with Gasteiger partial charge in [-0.1, -0.05) is 54.6 Å². The number of rotatable bonds is 7. The number of carbonyl (C=O) groups is 1. The maximum absolute atomic E-state index is 13.0. The van der Waals surface area contributed by atoms with Crippen molar-refractivity contribution in [2.45, 2.75) is 43.9 Å². The van der Waals surface area contributed by atoms with E-state index in [1.54, 1.807) is 0 Å². The number of anilines is 1. The number of hydrogen-bond acceptors (Lipinski definition) is 3. The van der Waals surface area contributed by atoms with Crippen LogP contribution in [0.2, 0.25) is 0 Å². The number of aryl methyl sites for hydroxylation is 2. The Morgan fingerprint density at radius 1 is 1.00 bits per heavy atom. The lowest BCUT2D eigenvalue weighted by molar-refractivity contribution is -0.121. The third-order valence-corrected chi connectivity index (χ3v) is 7.31. The molecule has 0 aliphatic carbocycles. The van der Waals surface area contributed by atoms with E-state index in [0.717, 1.165) is 49.5 Å². The third-order valence-electron chi connectivity index (χ3n) is 6.23. The second kappa shape index (κ2) is 10.8. The summed E-state index contributed by atoms with van der Waals surface area (Å²) in [7, 11) is 0. The standard InChI is InChI=1S/C28H32N2OS/c1-21-9-6-7-10-24(21)18-30-16-8-11-25(19-30)28(31)29-27-15-14-23(17-22(27)2)20-32-26-12-4-3-5-13-26/h3-7,9-10,12-15,17,25H,8,11,16,18-20H2,1-2H3,(H,29,31). The normalized spacial score (nSPS) is 16.6. The van der Waals surface area contributed by atoms with E-state index in [9.17, 15) is 4.79 Å². The van der Waals surface area contributed by atoms with Gasteiger partial charge in [0, 0.05) is 29.4 Å². The number of amides is 1. The highest BCUT2D eigenvalue weighted by Gasteiger charge is 2.26. The number of carbonyl (C=O) groups excluding carboxylic acids is 1. The first kappa shape index (κ1) is 22.6. The summed E-state index contributed by atoms with van der Waals surface area (Å²) in [4.78, 5) is 16.7. The van der Waals surface area contributed by atoms with E-state index in [1.807, 2.05) is 17.8 Å². The van der Waals surface area contributed by atoms with Crippen LogP contribution in [-0.4, -0.2) is 23.9 Å². The van der Waals surface area contributed by atoms with Crippen LogP contribution in [0.5, 0.6) is 0 Å². The van der Waals surface area contributed by atoms with Gasteiger partial charge < -0.3 is 5.32 Å². The molecular weight excluding hydrogens is 412 g/mol. The van der Waals surface area contributed by atoms with Gasteiger partial charge in [0.2, 0.25) is 5.91 Å². The molecule has 0 radical (unpaired) electrons. The number of nitrogens with zero attached hydrogens (tertiary/aromatic N) is 1. The van der Waals surface area contributed by atoms with Gasteiger partial charge in [-0.2, -0.15) is 0 Å². The fourth-order valence-electron chi connectivity index (χ4n) is 4.32. The van der Waals surface area contributed by atoms with Gasteiger partial charge in [-0.3, -0.25) is 9.69 Å². The van der Waals surface area contributed by atoms with E-state index < -0.39 is 0 Å². The summed E-state index contributed by atoms with van der Waals surface area (Å²) in [5.74, 6) is 1.12. The summed E-state index contributed by atoms with van der Waals surface area (Å²) >= 11 is 1.83. The topological polar surface area (TPSA) is 32.3 Å². The molecule has 1 unspecified atom stereocenters. The van der Waals surface area contributed by atoms with Crippen molar-refractivity contribution in [1.82, 2.24) is 4.90 Å². The molecule has 0 aromatic heterocycles. The molecule has 1 aliphatic rings. The highest BCUT2D eigenvalue weighted by Crippen LogP contribution is 2.26. The van der Waals surface area contributed by atoms with Crippen LogP contribution in [0.3, 0.4) is 0 Å². The van der Waals surface area contributed by atoms with Gasteiger partial charge in [-0.25, -0.2) is 0 Å². The summed E-state index contributed by atoms with van der Waals surface area (Å²) in [5.41, 5.74) is 6.00. The van der Waals surface area contributed by atoms with Gasteiger partial charge in [0.05, 0.1) is 5.92 Å². The first-order valence-electron chi connectivity index (χ1n) is 11.4. The molecule has 0 spiro atoms. The summed E-state index contributed by atoms with van der Waals surface area (Å²) < 4.78 is 0. The molecule has 0 bridgehead atoms. The molecule has 3 aromatic rings. The zero-order valence-electron chi connectivity index (χ0n) is 19.0. The van der Waals surface area contributed by atoms with E-state index in [-0.39, 0.29) is 11.8 Å². The Labute approximate surface area is 196 Å². The molecule has 3 aromatic carbocycles. The van der Waals surface area contributed by atoms with Crippen molar-refractivity contribution >= 4 is 23.4 Å². The number of thioether (sulfide) groups is 1. The average Bonchev–Trinajstić information content (AvgIpc) is 2.81. The molecule has 32 heavy (non-hydrogen) atoms. The van der Waals surface area contributed by atoms with Gasteiger partial charge >= 0.3 is 0 Å². The Balaban J connectivity index is 1.33. The average molecular weight is 445 g/mol. The molecule has 1 aliphatic heterocycles. The highest BCUT2D eigenvalue weighted by atomic mass is 32.2. The molecule has 1 fully saturated rings. The predicted octanol–water partition coefficient (Wildman–Crippen LogP) is 6.45. The molecule has 0 saturated carbocycles. The van der Waals surface area contributed by atoms with E-state index in [0.29, 0.717) is 0 Å². The van der Waals surface area contributed by atoms with Crippen LogP contribution in [0.15, 0.2) is 77.7 Å². The molecule has 3 nitrogen and oxygen atoms in total. The molecule has 1 atom stereocenters. The number of nitrogens with one attached hydrogen (secondary N) is 1. The van der Waals surface area contributed by atoms with E-state index in [1.165, 1.54) is 21.6 Å². The van der Waals surface area contributed by atoms with Crippen LogP contribution < -0.4 is 5.32 Å². The summed E-state index contributed by atoms with van der Waals surface area (Å²) in [5, 5.41) is 3.20. The summed E-state index contributed by atoms with van der Waals surface area (Å²) in [6, 6.07) is 25.4. The van der Waals surface area contributed by atoms with Gasteiger partial charge in [0.1, 0.15) is 0 Å².